The summed E-state index contributed by atoms with van der Waals surface area (Å²) in [6.07, 6.45) is 12.8. The Labute approximate surface area is 136 Å². The summed E-state index contributed by atoms with van der Waals surface area (Å²) >= 11 is 0. The first-order valence-corrected chi connectivity index (χ1v) is 9.55. The van der Waals surface area contributed by atoms with Crippen LogP contribution in [0.3, 0.4) is 0 Å². The van der Waals surface area contributed by atoms with Crippen molar-refractivity contribution in [2.75, 3.05) is 19.6 Å². The Morgan fingerprint density at radius 2 is 1.45 bits per heavy atom. The summed E-state index contributed by atoms with van der Waals surface area (Å²) in [4.78, 5) is 15.1. The normalized spacial score (nSPS) is 33.9. The van der Waals surface area contributed by atoms with E-state index in [0.717, 1.165) is 38.9 Å². The van der Waals surface area contributed by atoms with Gasteiger partial charge in [-0.1, -0.05) is 44.9 Å². The summed E-state index contributed by atoms with van der Waals surface area (Å²) < 4.78 is 5.82. The maximum atomic E-state index is 12.6. The lowest BCUT2D eigenvalue weighted by Crippen LogP contribution is -2.47. The van der Waals surface area contributed by atoms with Gasteiger partial charge in [0.2, 0.25) is 0 Å². The number of Topliss-reactive ketones (excluding diaryl/α,β-unsaturated/α-hetero) is 1. The van der Waals surface area contributed by atoms with Crippen molar-refractivity contribution < 1.29 is 9.53 Å². The first-order valence-electron chi connectivity index (χ1n) is 9.55. The highest BCUT2D eigenvalue weighted by Gasteiger charge is 2.27. The van der Waals surface area contributed by atoms with Crippen LogP contribution in [0, 0.1) is 5.92 Å². The molecular weight excluding hydrogens is 274 g/mol. The lowest BCUT2D eigenvalue weighted by atomic mass is 9.91. The number of carbonyl (C=O) groups excluding carboxylic acids is 1. The molecule has 1 saturated heterocycles. The Morgan fingerprint density at radius 3 is 2.09 bits per heavy atom. The van der Waals surface area contributed by atoms with Crippen molar-refractivity contribution in [2.45, 2.75) is 90.3 Å². The molecule has 1 heterocycles. The second kappa shape index (κ2) is 9.67. The minimum Gasteiger partial charge on any atom is -0.373 e. The number of hydrogen-bond acceptors (Lipinski definition) is 3. The first kappa shape index (κ1) is 17.9. The molecule has 1 aliphatic heterocycles. The van der Waals surface area contributed by atoms with Crippen LogP contribution in [0.1, 0.15) is 78.1 Å². The third kappa shape index (κ3) is 6.37. The summed E-state index contributed by atoms with van der Waals surface area (Å²) in [5.74, 6) is 0.782. The van der Waals surface area contributed by atoms with Crippen molar-refractivity contribution >= 4 is 5.78 Å². The van der Waals surface area contributed by atoms with Gasteiger partial charge in [0.1, 0.15) is 5.78 Å². The third-order valence-corrected chi connectivity index (χ3v) is 5.15. The summed E-state index contributed by atoms with van der Waals surface area (Å²) in [6.45, 7) is 7.20. The molecule has 1 saturated carbocycles. The number of rotatable bonds is 2. The summed E-state index contributed by atoms with van der Waals surface area (Å²) in [7, 11) is 0. The number of nitrogens with zero attached hydrogens (tertiary/aromatic N) is 1. The van der Waals surface area contributed by atoms with Crippen molar-refractivity contribution in [3.05, 3.63) is 0 Å². The van der Waals surface area contributed by atoms with Gasteiger partial charge in [0, 0.05) is 32.0 Å². The molecule has 0 amide bonds. The van der Waals surface area contributed by atoms with E-state index in [1.807, 2.05) is 0 Å². The van der Waals surface area contributed by atoms with Crippen LogP contribution in [-0.2, 0) is 9.53 Å². The summed E-state index contributed by atoms with van der Waals surface area (Å²) in [5, 5.41) is 0. The summed E-state index contributed by atoms with van der Waals surface area (Å²) in [6, 6.07) is 0. The molecule has 3 unspecified atom stereocenters. The van der Waals surface area contributed by atoms with Crippen LogP contribution in [0.15, 0.2) is 0 Å². The molecule has 2 rings (SSSR count). The number of carbonyl (C=O) groups is 1. The molecule has 2 aliphatic rings. The zero-order valence-electron chi connectivity index (χ0n) is 14.7. The molecule has 3 atom stereocenters. The van der Waals surface area contributed by atoms with Crippen molar-refractivity contribution in [1.82, 2.24) is 4.90 Å². The highest BCUT2D eigenvalue weighted by Crippen LogP contribution is 2.21. The second-order valence-electron chi connectivity index (χ2n) is 7.51. The molecule has 128 valence electrons. The summed E-state index contributed by atoms with van der Waals surface area (Å²) in [5.41, 5.74) is 0. The molecule has 22 heavy (non-hydrogen) atoms. The lowest BCUT2D eigenvalue weighted by molar-refractivity contribution is -0.125. The van der Waals surface area contributed by atoms with E-state index in [9.17, 15) is 4.79 Å². The molecule has 1 aliphatic carbocycles. The Balaban J connectivity index is 1.87. The predicted molar refractivity (Wildman–Crippen MR) is 91.1 cm³/mol. The minimum atomic E-state index is 0.261. The molecule has 0 aromatic carbocycles. The molecule has 0 spiro atoms. The Kier molecular flexibility index (Phi) is 7.88. The van der Waals surface area contributed by atoms with Gasteiger partial charge in [0.05, 0.1) is 12.2 Å². The van der Waals surface area contributed by atoms with Crippen molar-refractivity contribution in [3.8, 4) is 0 Å². The largest absolute Gasteiger partial charge is 0.373 e. The van der Waals surface area contributed by atoms with Crippen LogP contribution in [0.2, 0.25) is 0 Å². The number of ether oxygens (including phenoxy) is 1. The van der Waals surface area contributed by atoms with Crippen LogP contribution in [0.5, 0.6) is 0 Å². The van der Waals surface area contributed by atoms with E-state index < -0.39 is 0 Å². The predicted octanol–water partition coefficient (Wildman–Crippen LogP) is 4.20. The van der Waals surface area contributed by atoms with E-state index >= 15 is 0 Å². The molecule has 0 radical (unpaired) electrons. The van der Waals surface area contributed by atoms with Gasteiger partial charge in [-0.25, -0.2) is 0 Å². The topological polar surface area (TPSA) is 29.5 Å². The molecule has 3 nitrogen and oxygen atoms in total. The van der Waals surface area contributed by atoms with Gasteiger partial charge in [-0.3, -0.25) is 9.69 Å². The SMILES string of the molecule is CC1CN(CC2CCCCCCCCCCC2=O)CC(C)O1. The average molecular weight is 309 g/mol. The van der Waals surface area contributed by atoms with Crippen LogP contribution < -0.4 is 0 Å². The molecule has 3 heteroatoms. The van der Waals surface area contributed by atoms with Gasteiger partial charge in [-0.2, -0.15) is 0 Å². The fraction of sp³-hybridized carbons (Fsp3) is 0.947. The Morgan fingerprint density at radius 1 is 0.909 bits per heavy atom. The van der Waals surface area contributed by atoms with Gasteiger partial charge >= 0.3 is 0 Å². The van der Waals surface area contributed by atoms with E-state index in [-0.39, 0.29) is 5.92 Å². The van der Waals surface area contributed by atoms with E-state index in [1.165, 1.54) is 44.9 Å². The van der Waals surface area contributed by atoms with Crippen LogP contribution in [0.25, 0.3) is 0 Å². The maximum absolute atomic E-state index is 12.6. The van der Waals surface area contributed by atoms with Crippen LogP contribution in [-0.4, -0.2) is 42.5 Å². The smallest absolute Gasteiger partial charge is 0.137 e. The van der Waals surface area contributed by atoms with Gasteiger partial charge in [-0.15, -0.1) is 0 Å². The second-order valence-corrected chi connectivity index (χ2v) is 7.51. The van der Waals surface area contributed by atoms with Crippen LogP contribution >= 0.6 is 0 Å². The van der Waals surface area contributed by atoms with Gasteiger partial charge in [0.25, 0.3) is 0 Å². The highest BCUT2D eigenvalue weighted by atomic mass is 16.5. The van der Waals surface area contributed by atoms with Crippen LogP contribution in [0.4, 0.5) is 0 Å². The van der Waals surface area contributed by atoms with E-state index in [2.05, 4.69) is 18.7 Å². The zero-order chi connectivity index (χ0) is 15.8. The molecule has 2 fully saturated rings. The molecule has 0 bridgehead atoms. The highest BCUT2D eigenvalue weighted by molar-refractivity contribution is 5.81. The Hall–Kier alpha value is -0.410. The number of morpholine rings is 1. The monoisotopic (exact) mass is 309 g/mol. The van der Waals surface area contributed by atoms with E-state index in [0.29, 0.717) is 18.0 Å². The standard InChI is InChI=1S/C19H35NO2/c1-16-13-20(14-17(2)22-16)15-18-11-9-7-5-3-4-6-8-10-12-19(18)21/h16-18H,3-15H2,1-2H3. The first-order chi connectivity index (χ1) is 10.6. The fourth-order valence-electron chi connectivity index (χ4n) is 4.05. The van der Waals surface area contributed by atoms with Crippen molar-refractivity contribution in [1.29, 1.82) is 0 Å². The lowest BCUT2D eigenvalue weighted by Gasteiger charge is -2.37. The third-order valence-electron chi connectivity index (χ3n) is 5.15. The van der Waals surface area contributed by atoms with E-state index in [1.54, 1.807) is 0 Å². The van der Waals surface area contributed by atoms with Crippen molar-refractivity contribution in [3.63, 3.8) is 0 Å². The fourth-order valence-corrected chi connectivity index (χ4v) is 4.05. The van der Waals surface area contributed by atoms with E-state index in [4.69, 9.17) is 4.74 Å². The van der Waals surface area contributed by atoms with Gasteiger partial charge in [-0.05, 0) is 26.7 Å². The van der Waals surface area contributed by atoms with Gasteiger partial charge < -0.3 is 4.74 Å². The number of hydrogen-bond donors (Lipinski definition) is 0. The molecule has 0 aromatic heterocycles. The minimum absolute atomic E-state index is 0.261. The number of ketones is 1. The molecule has 0 N–H and O–H groups in total. The molecule has 0 aromatic rings. The average Bonchev–Trinajstić information content (AvgIpc) is 2.45. The van der Waals surface area contributed by atoms with Gasteiger partial charge in [0.15, 0.2) is 0 Å². The molecular formula is C19H35NO2. The van der Waals surface area contributed by atoms with Crippen molar-refractivity contribution in [2.24, 2.45) is 5.92 Å². The zero-order valence-corrected chi connectivity index (χ0v) is 14.7. The Bertz CT molecular complexity index is 321. The maximum Gasteiger partial charge on any atom is 0.137 e. The quantitative estimate of drug-likeness (QED) is 0.766.